The zero-order valence-corrected chi connectivity index (χ0v) is 10.7. The van der Waals surface area contributed by atoms with Gasteiger partial charge in [-0.2, -0.15) is 0 Å². The molecule has 6 heteroatoms. The molecule has 0 aromatic rings. The van der Waals surface area contributed by atoms with Crippen LogP contribution in [0.4, 0.5) is 0 Å². The van der Waals surface area contributed by atoms with Crippen molar-refractivity contribution in [2.24, 2.45) is 0 Å². The van der Waals surface area contributed by atoms with Crippen LogP contribution in [0.5, 0.6) is 0 Å². The summed E-state index contributed by atoms with van der Waals surface area (Å²) in [5.41, 5.74) is -1.49. The highest BCUT2D eigenvalue weighted by atomic mass is 35.5. The predicted molar refractivity (Wildman–Crippen MR) is 62.7 cm³/mol. The minimum atomic E-state index is -1.54. The normalized spacial score (nSPS) is 13.6. The monoisotopic (exact) mass is 264 g/mol. The number of esters is 2. The third-order valence-electron chi connectivity index (χ3n) is 2.04. The first-order valence-corrected chi connectivity index (χ1v) is 5.62. The van der Waals surface area contributed by atoms with Gasteiger partial charge in [0.1, 0.15) is 0 Å². The van der Waals surface area contributed by atoms with Gasteiger partial charge in [0.15, 0.2) is 0 Å². The van der Waals surface area contributed by atoms with Crippen LogP contribution in [0.1, 0.15) is 19.8 Å². The van der Waals surface area contributed by atoms with Gasteiger partial charge in [0.05, 0.1) is 31.6 Å². The Hall–Kier alpha value is -1.07. The van der Waals surface area contributed by atoms with Crippen molar-refractivity contribution in [3.63, 3.8) is 0 Å². The SMILES string of the molecule is C=C(CC(O)(CCl)CC(=O)OCC)C(=O)OC. The summed E-state index contributed by atoms with van der Waals surface area (Å²) < 4.78 is 9.15. The molecule has 0 heterocycles. The molecule has 1 N–H and O–H groups in total. The highest BCUT2D eigenvalue weighted by Crippen LogP contribution is 2.22. The van der Waals surface area contributed by atoms with E-state index >= 15 is 0 Å². The van der Waals surface area contributed by atoms with Gasteiger partial charge in [-0.05, 0) is 6.92 Å². The fourth-order valence-corrected chi connectivity index (χ4v) is 1.44. The van der Waals surface area contributed by atoms with E-state index in [1.165, 1.54) is 7.11 Å². The van der Waals surface area contributed by atoms with Gasteiger partial charge in [-0.15, -0.1) is 11.6 Å². The first-order chi connectivity index (χ1) is 7.88. The zero-order valence-electron chi connectivity index (χ0n) is 9.99. The Labute approximate surface area is 105 Å². The maximum absolute atomic E-state index is 11.3. The van der Waals surface area contributed by atoms with Crippen LogP contribution in [-0.4, -0.2) is 42.2 Å². The van der Waals surface area contributed by atoms with Crippen molar-refractivity contribution in [1.29, 1.82) is 0 Å². The van der Waals surface area contributed by atoms with E-state index in [1.54, 1.807) is 6.92 Å². The van der Waals surface area contributed by atoms with Crippen LogP contribution in [0.2, 0.25) is 0 Å². The Morgan fingerprint density at radius 1 is 1.41 bits per heavy atom. The number of ether oxygens (including phenoxy) is 2. The lowest BCUT2D eigenvalue weighted by Gasteiger charge is -2.24. The van der Waals surface area contributed by atoms with Crippen molar-refractivity contribution in [2.75, 3.05) is 19.6 Å². The molecule has 17 heavy (non-hydrogen) atoms. The highest BCUT2D eigenvalue weighted by Gasteiger charge is 2.32. The van der Waals surface area contributed by atoms with E-state index in [0.29, 0.717) is 0 Å². The molecule has 0 rings (SSSR count). The highest BCUT2D eigenvalue weighted by molar-refractivity contribution is 6.18. The van der Waals surface area contributed by atoms with Gasteiger partial charge in [-0.3, -0.25) is 4.79 Å². The molecule has 0 radical (unpaired) electrons. The summed E-state index contributed by atoms with van der Waals surface area (Å²) in [6.07, 6.45) is -0.428. The molecule has 0 spiro atoms. The second-order valence-corrected chi connectivity index (χ2v) is 3.88. The second-order valence-electron chi connectivity index (χ2n) is 3.61. The summed E-state index contributed by atoms with van der Waals surface area (Å²) in [6.45, 7) is 5.34. The lowest BCUT2D eigenvalue weighted by molar-refractivity contribution is -0.148. The second kappa shape index (κ2) is 7.29. The number of rotatable bonds is 7. The van der Waals surface area contributed by atoms with E-state index in [1.807, 2.05) is 0 Å². The van der Waals surface area contributed by atoms with E-state index in [-0.39, 0.29) is 30.9 Å². The molecule has 0 aromatic heterocycles. The summed E-state index contributed by atoms with van der Waals surface area (Å²) in [5, 5.41) is 10.0. The molecule has 0 saturated carbocycles. The average Bonchev–Trinajstić information content (AvgIpc) is 2.27. The maximum atomic E-state index is 11.3. The third-order valence-corrected chi connectivity index (χ3v) is 2.54. The molecule has 0 aliphatic carbocycles. The number of alkyl halides is 1. The van der Waals surface area contributed by atoms with Crippen molar-refractivity contribution in [3.8, 4) is 0 Å². The van der Waals surface area contributed by atoms with Crippen molar-refractivity contribution in [3.05, 3.63) is 12.2 Å². The van der Waals surface area contributed by atoms with Gasteiger partial charge in [-0.25, -0.2) is 4.79 Å². The number of carbonyl (C=O) groups excluding carboxylic acids is 2. The summed E-state index contributed by atoms with van der Waals surface area (Å²) in [5.74, 6) is -1.42. The Morgan fingerprint density at radius 2 is 2.00 bits per heavy atom. The lowest BCUT2D eigenvalue weighted by atomic mass is 9.93. The summed E-state index contributed by atoms with van der Waals surface area (Å²) in [7, 11) is 1.21. The number of hydrogen-bond donors (Lipinski definition) is 1. The van der Waals surface area contributed by atoms with Gasteiger partial charge in [0.2, 0.25) is 0 Å². The molecule has 1 unspecified atom stereocenters. The number of hydrogen-bond acceptors (Lipinski definition) is 5. The molecule has 0 fully saturated rings. The smallest absolute Gasteiger partial charge is 0.333 e. The molecule has 98 valence electrons. The fraction of sp³-hybridized carbons (Fsp3) is 0.636. The average molecular weight is 265 g/mol. The van der Waals surface area contributed by atoms with Gasteiger partial charge in [0.25, 0.3) is 0 Å². The number of aliphatic hydroxyl groups is 1. The Morgan fingerprint density at radius 3 is 2.41 bits per heavy atom. The Bertz CT molecular complexity index is 302. The van der Waals surface area contributed by atoms with E-state index in [2.05, 4.69) is 11.3 Å². The third kappa shape index (κ3) is 5.70. The first kappa shape index (κ1) is 15.9. The quantitative estimate of drug-likeness (QED) is 0.422. The van der Waals surface area contributed by atoms with Crippen molar-refractivity contribution in [1.82, 2.24) is 0 Å². The van der Waals surface area contributed by atoms with Crippen molar-refractivity contribution >= 4 is 23.5 Å². The van der Waals surface area contributed by atoms with Crippen molar-refractivity contribution < 1.29 is 24.2 Å². The summed E-state index contributed by atoms with van der Waals surface area (Å²) in [6, 6.07) is 0. The van der Waals surface area contributed by atoms with Gasteiger partial charge in [-0.1, -0.05) is 6.58 Å². The van der Waals surface area contributed by atoms with Gasteiger partial charge in [0, 0.05) is 12.0 Å². The maximum Gasteiger partial charge on any atom is 0.333 e. The predicted octanol–water partition coefficient (Wildman–Crippen LogP) is 1.03. The molecular weight excluding hydrogens is 248 g/mol. The van der Waals surface area contributed by atoms with E-state index < -0.39 is 17.5 Å². The number of methoxy groups -OCH3 is 1. The van der Waals surface area contributed by atoms with Crippen LogP contribution in [0.15, 0.2) is 12.2 Å². The Kier molecular flexibility index (Phi) is 6.83. The van der Waals surface area contributed by atoms with E-state index in [9.17, 15) is 14.7 Å². The molecular formula is C11H17ClO5. The molecule has 0 amide bonds. The molecule has 1 atom stereocenters. The summed E-state index contributed by atoms with van der Waals surface area (Å²) in [4.78, 5) is 22.4. The topological polar surface area (TPSA) is 72.8 Å². The van der Waals surface area contributed by atoms with Gasteiger partial charge < -0.3 is 14.6 Å². The standard InChI is InChI=1S/C11H17ClO5/c1-4-17-9(13)6-11(15,7-12)5-8(2)10(14)16-3/h15H,2,4-7H2,1,3H3. The molecule has 0 aliphatic heterocycles. The van der Waals surface area contributed by atoms with Crippen LogP contribution < -0.4 is 0 Å². The number of carbonyl (C=O) groups is 2. The van der Waals surface area contributed by atoms with E-state index in [4.69, 9.17) is 16.3 Å². The molecule has 0 bridgehead atoms. The molecule has 0 aliphatic rings. The minimum absolute atomic E-state index is 0.0555. The minimum Gasteiger partial charge on any atom is -0.466 e. The first-order valence-electron chi connectivity index (χ1n) is 5.08. The largest absolute Gasteiger partial charge is 0.466 e. The molecule has 0 saturated heterocycles. The van der Waals surface area contributed by atoms with Crippen LogP contribution in [-0.2, 0) is 19.1 Å². The Balaban J connectivity index is 4.52. The zero-order chi connectivity index (χ0) is 13.5. The fourth-order valence-electron chi connectivity index (χ4n) is 1.25. The van der Waals surface area contributed by atoms with Crippen molar-refractivity contribution in [2.45, 2.75) is 25.4 Å². The van der Waals surface area contributed by atoms with Crippen LogP contribution >= 0.6 is 11.6 Å². The van der Waals surface area contributed by atoms with E-state index in [0.717, 1.165) is 0 Å². The summed E-state index contributed by atoms with van der Waals surface area (Å²) >= 11 is 5.59. The number of halogens is 1. The van der Waals surface area contributed by atoms with Crippen LogP contribution in [0.25, 0.3) is 0 Å². The molecule has 0 aromatic carbocycles. The van der Waals surface area contributed by atoms with Gasteiger partial charge >= 0.3 is 11.9 Å². The lowest BCUT2D eigenvalue weighted by Crippen LogP contribution is -2.36. The van der Waals surface area contributed by atoms with Crippen LogP contribution in [0, 0.1) is 0 Å². The molecule has 5 nitrogen and oxygen atoms in total. The van der Waals surface area contributed by atoms with Crippen LogP contribution in [0.3, 0.4) is 0 Å².